The summed E-state index contributed by atoms with van der Waals surface area (Å²) in [5.41, 5.74) is 1.52. The highest BCUT2D eigenvalue weighted by atomic mass is 16.4. The van der Waals surface area contributed by atoms with E-state index in [1.54, 1.807) is 24.3 Å². The fourth-order valence-electron chi connectivity index (χ4n) is 1.94. The van der Waals surface area contributed by atoms with Gasteiger partial charge in [-0.2, -0.15) is 0 Å². The van der Waals surface area contributed by atoms with Gasteiger partial charge in [0, 0.05) is 18.9 Å². The molecule has 2 amide bonds. The van der Waals surface area contributed by atoms with Gasteiger partial charge in [0.2, 0.25) is 11.8 Å². The molecule has 1 aliphatic rings. The minimum Gasteiger partial charge on any atom is -0.478 e. The molecule has 5 heteroatoms. The number of amides is 2. The first kappa shape index (κ1) is 13.0. The van der Waals surface area contributed by atoms with Crippen molar-refractivity contribution in [3.63, 3.8) is 0 Å². The highest BCUT2D eigenvalue weighted by Crippen LogP contribution is 2.16. The van der Waals surface area contributed by atoms with E-state index in [1.807, 2.05) is 0 Å². The number of carbonyl (C=O) groups is 3. The second kappa shape index (κ2) is 5.48. The molecule has 2 rings (SSSR count). The summed E-state index contributed by atoms with van der Waals surface area (Å²) >= 11 is 0. The SMILES string of the molecule is O=C(O)C=Cc1cccc(CN2C(=O)CCC2=O)c1. The topological polar surface area (TPSA) is 74.7 Å². The molecule has 0 aromatic heterocycles. The molecular weight excluding hydrogens is 246 g/mol. The van der Waals surface area contributed by atoms with Crippen LogP contribution in [0.3, 0.4) is 0 Å². The lowest BCUT2D eigenvalue weighted by Gasteiger charge is -2.13. The van der Waals surface area contributed by atoms with Gasteiger partial charge in [0.15, 0.2) is 0 Å². The molecule has 1 saturated heterocycles. The zero-order chi connectivity index (χ0) is 13.8. The van der Waals surface area contributed by atoms with Gasteiger partial charge in [-0.25, -0.2) is 4.79 Å². The lowest BCUT2D eigenvalue weighted by molar-refractivity contribution is -0.139. The fraction of sp³-hybridized carbons (Fsp3) is 0.214. The average molecular weight is 259 g/mol. The Morgan fingerprint density at radius 3 is 2.58 bits per heavy atom. The molecule has 0 radical (unpaired) electrons. The molecule has 19 heavy (non-hydrogen) atoms. The average Bonchev–Trinajstić information content (AvgIpc) is 2.69. The summed E-state index contributed by atoms with van der Waals surface area (Å²) in [6.45, 7) is 0.242. The molecule has 0 spiro atoms. The van der Waals surface area contributed by atoms with Crippen molar-refractivity contribution in [3.05, 3.63) is 41.5 Å². The number of aliphatic carboxylic acids is 1. The molecule has 1 aromatic rings. The first-order valence-electron chi connectivity index (χ1n) is 5.89. The van der Waals surface area contributed by atoms with E-state index in [2.05, 4.69) is 0 Å². The number of rotatable bonds is 4. The molecule has 1 heterocycles. The number of hydrogen-bond acceptors (Lipinski definition) is 3. The third-order valence-electron chi connectivity index (χ3n) is 2.86. The first-order valence-corrected chi connectivity index (χ1v) is 5.89. The zero-order valence-electron chi connectivity index (χ0n) is 10.2. The van der Waals surface area contributed by atoms with Crippen molar-refractivity contribution in [2.45, 2.75) is 19.4 Å². The predicted octanol–water partition coefficient (Wildman–Crippen LogP) is 1.43. The Morgan fingerprint density at radius 1 is 1.26 bits per heavy atom. The van der Waals surface area contributed by atoms with Gasteiger partial charge < -0.3 is 5.11 Å². The van der Waals surface area contributed by atoms with Crippen molar-refractivity contribution in [3.8, 4) is 0 Å². The summed E-state index contributed by atoms with van der Waals surface area (Å²) in [6, 6.07) is 7.09. The van der Waals surface area contributed by atoms with E-state index in [1.165, 1.54) is 11.0 Å². The van der Waals surface area contributed by atoms with Crippen molar-refractivity contribution in [2.24, 2.45) is 0 Å². The molecule has 0 bridgehead atoms. The molecule has 1 aliphatic heterocycles. The van der Waals surface area contributed by atoms with Crippen LogP contribution in [0.15, 0.2) is 30.3 Å². The highest BCUT2D eigenvalue weighted by Gasteiger charge is 2.28. The van der Waals surface area contributed by atoms with Gasteiger partial charge >= 0.3 is 5.97 Å². The van der Waals surface area contributed by atoms with Crippen LogP contribution in [-0.4, -0.2) is 27.8 Å². The standard InChI is InChI=1S/C14H13NO4/c16-12-5-6-13(17)15(12)9-11-3-1-2-10(8-11)4-7-14(18)19/h1-4,7-8H,5-6,9H2,(H,18,19). The van der Waals surface area contributed by atoms with Gasteiger partial charge in [-0.3, -0.25) is 14.5 Å². The Balaban J connectivity index is 2.13. The van der Waals surface area contributed by atoms with E-state index >= 15 is 0 Å². The van der Waals surface area contributed by atoms with Crippen LogP contribution < -0.4 is 0 Å². The van der Waals surface area contributed by atoms with E-state index in [9.17, 15) is 14.4 Å². The van der Waals surface area contributed by atoms with E-state index < -0.39 is 5.97 Å². The van der Waals surface area contributed by atoms with Crippen molar-refractivity contribution >= 4 is 23.9 Å². The second-order valence-electron chi connectivity index (χ2n) is 4.29. The molecule has 0 saturated carbocycles. The molecule has 1 N–H and O–H groups in total. The van der Waals surface area contributed by atoms with E-state index in [0.29, 0.717) is 0 Å². The number of carboxylic acids is 1. The van der Waals surface area contributed by atoms with Gasteiger partial charge in [0.1, 0.15) is 0 Å². The Kier molecular flexibility index (Phi) is 3.75. The smallest absolute Gasteiger partial charge is 0.328 e. The lowest BCUT2D eigenvalue weighted by Crippen LogP contribution is -2.28. The Hall–Kier alpha value is -2.43. The van der Waals surface area contributed by atoms with Crippen LogP contribution in [0.2, 0.25) is 0 Å². The third kappa shape index (κ3) is 3.28. The minimum absolute atomic E-state index is 0.156. The number of hydrogen-bond donors (Lipinski definition) is 1. The molecule has 0 aliphatic carbocycles. The number of imide groups is 1. The zero-order valence-corrected chi connectivity index (χ0v) is 10.2. The number of benzene rings is 1. The molecule has 0 atom stereocenters. The first-order chi connectivity index (χ1) is 9.06. The van der Waals surface area contributed by atoms with E-state index in [-0.39, 0.29) is 31.2 Å². The maximum absolute atomic E-state index is 11.5. The number of nitrogens with zero attached hydrogens (tertiary/aromatic N) is 1. The Labute approximate surface area is 110 Å². The van der Waals surface area contributed by atoms with Crippen LogP contribution >= 0.6 is 0 Å². The van der Waals surface area contributed by atoms with Gasteiger partial charge in [0.05, 0.1) is 6.54 Å². The molecular formula is C14H13NO4. The van der Waals surface area contributed by atoms with Crippen LogP contribution in [0.5, 0.6) is 0 Å². The van der Waals surface area contributed by atoms with Crippen molar-refractivity contribution in [1.82, 2.24) is 4.90 Å². The van der Waals surface area contributed by atoms with Crippen LogP contribution in [0.4, 0.5) is 0 Å². The van der Waals surface area contributed by atoms with Crippen LogP contribution in [0.1, 0.15) is 24.0 Å². The summed E-state index contributed by atoms with van der Waals surface area (Å²) in [4.78, 5) is 34.7. The van der Waals surface area contributed by atoms with Crippen molar-refractivity contribution in [1.29, 1.82) is 0 Å². The summed E-state index contributed by atoms with van der Waals surface area (Å²) in [7, 11) is 0. The van der Waals surface area contributed by atoms with Crippen LogP contribution in [0.25, 0.3) is 6.08 Å². The van der Waals surface area contributed by atoms with Crippen LogP contribution in [0, 0.1) is 0 Å². The van der Waals surface area contributed by atoms with E-state index in [0.717, 1.165) is 17.2 Å². The molecule has 5 nitrogen and oxygen atoms in total. The number of likely N-dealkylation sites (tertiary alicyclic amines) is 1. The van der Waals surface area contributed by atoms with Crippen LogP contribution in [-0.2, 0) is 20.9 Å². The highest BCUT2D eigenvalue weighted by molar-refractivity contribution is 6.01. The van der Waals surface area contributed by atoms with Gasteiger partial charge in [-0.1, -0.05) is 18.2 Å². The van der Waals surface area contributed by atoms with E-state index in [4.69, 9.17) is 5.11 Å². The predicted molar refractivity (Wildman–Crippen MR) is 67.9 cm³/mol. The molecule has 98 valence electrons. The van der Waals surface area contributed by atoms with Crippen molar-refractivity contribution in [2.75, 3.05) is 0 Å². The Bertz CT molecular complexity index is 546. The monoisotopic (exact) mass is 259 g/mol. The number of carboxylic acid groups (broad SMARTS) is 1. The minimum atomic E-state index is -1.02. The van der Waals surface area contributed by atoms with Gasteiger partial charge in [-0.05, 0) is 23.3 Å². The third-order valence-corrected chi connectivity index (χ3v) is 2.86. The summed E-state index contributed by atoms with van der Waals surface area (Å²) < 4.78 is 0. The van der Waals surface area contributed by atoms with Gasteiger partial charge in [0.25, 0.3) is 0 Å². The summed E-state index contributed by atoms with van der Waals surface area (Å²) in [5, 5.41) is 8.56. The fourth-order valence-corrected chi connectivity index (χ4v) is 1.94. The molecule has 1 fully saturated rings. The number of carbonyl (C=O) groups excluding carboxylic acids is 2. The maximum atomic E-state index is 11.5. The van der Waals surface area contributed by atoms with Gasteiger partial charge in [-0.15, -0.1) is 0 Å². The van der Waals surface area contributed by atoms with Crippen molar-refractivity contribution < 1.29 is 19.5 Å². The summed E-state index contributed by atoms with van der Waals surface area (Å²) in [6.07, 6.45) is 3.07. The maximum Gasteiger partial charge on any atom is 0.328 e. The Morgan fingerprint density at radius 2 is 1.95 bits per heavy atom. The summed E-state index contributed by atoms with van der Waals surface area (Å²) in [5.74, 6) is -1.33. The molecule has 0 unspecified atom stereocenters. The lowest BCUT2D eigenvalue weighted by atomic mass is 10.1. The molecule has 1 aromatic carbocycles. The second-order valence-corrected chi connectivity index (χ2v) is 4.29. The largest absolute Gasteiger partial charge is 0.478 e. The normalized spacial score (nSPS) is 15.5. The quantitative estimate of drug-likeness (QED) is 0.655.